The van der Waals surface area contributed by atoms with Gasteiger partial charge >= 0.3 is 6.18 Å². The quantitative estimate of drug-likeness (QED) is 0.338. The van der Waals surface area contributed by atoms with Crippen LogP contribution in [-0.4, -0.2) is 29.1 Å². The van der Waals surface area contributed by atoms with E-state index in [1.54, 1.807) is 12.3 Å². The number of thiazole rings is 1. The molecule has 1 aromatic carbocycles. The van der Waals surface area contributed by atoms with Crippen LogP contribution in [0.1, 0.15) is 36.8 Å². The molecule has 10 heteroatoms. The first kappa shape index (κ1) is 22.0. The molecule has 170 valence electrons. The Morgan fingerprint density at radius 2 is 1.76 bits per heavy atom. The summed E-state index contributed by atoms with van der Waals surface area (Å²) in [7, 11) is -3.68. The highest BCUT2D eigenvalue weighted by Crippen LogP contribution is 2.41. The van der Waals surface area contributed by atoms with Gasteiger partial charge in [0.1, 0.15) is 21.0 Å². The lowest BCUT2D eigenvalue weighted by molar-refractivity contribution is -0.137. The van der Waals surface area contributed by atoms with Crippen molar-refractivity contribution in [2.45, 2.75) is 36.8 Å². The van der Waals surface area contributed by atoms with Gasteiger partial charge < -0.3 is 0 Å². The second kappa shape index (κ2) is 7.88. The summed E-state index contributed by atoms with van der Waals surface area (Å²) in [6.45, 7) is 1.53. The minimum absolute atomic E-state index is 0.00358. The largest absolute Gasteiger partial charge is 0.417 e. The minimum Gasteiger partial charge on any atom is -0.252 e. The van der Waals surface area contributed by atoms with E-state index in [0.29, 0.717) is 11.5 Å². The highest BCUT2D eigenvalue weighted by Gasteiger charge is 2.32. The Bertz CT molecular complexity index is 1460. The normalized spacial score (nSPS) is 14.7. The van der Waals surface area contributed by atoms with Crippen LogP contribution in [0.4, 0.5) is 13.2 Å². The van der Waals surface area contributed by atoms with Crippen molar-refractivity contribution >= 4 is 31.5 Å². The van der Waals surface area contributed by atoms with Crippen molar-refractivity contribution in [2.75, 3.05) is 5.75 Å². The van der Waals surface area contributed by atoms with Crippen LogP contribution in [-0.2, 0) is 16.0 Å². The fourth-order valence-corrected chi connectivity index (χ4v) is 5.63. The monoisotopic (exact) mass is 489 g/mol. The zero-order valence-corrected chi connectivity index (χ0v) is 19.1. The van der Waals surface area contributed by atoms with Crippen molar-refractivity contribution in [3.05, 3.63) is 59.9 Å². The molecule has 0 bridgehead atoms. The third-order valence-electron chi connectivity index (χ3n) is 5.64. The number of aromatic nitrogens is 3. The molecule has 1 aliphatic carbocycles. The molecular formula is C23H18F3N3O2S2. The number of benzene rings is 1. The second-order valence-electron chi connectivity index (χ2n) is 7.94. The van der Waals surface area contributed by atoms with E-state index in [0.717, 1.165) is 29.2 Å². The second-order valence-corrected chi connectivity index (χ2v) is 11.2. The van der Waals surface area contributed by atoms with Crippen LogP contribution >= 0.6 is 11.3 Å². The Kier molecular flexibility index (Phi) is 5.24. The van der Waals surface area contributed by atoms with Crippen molar-refractivity contribution < 1.29 is 21.6 Å². The maximum atomic E-state index is 13.0. The van der Waals surface area contributed by atoms with E-state index in [1.807, 2.05) is 24.3 Å². The van der Waals surface area contributed by atoms with Crippen LogP contribution in [0.2, 0.25) is 0 Å². The van der Waals surface area contributed by atoms with Gasteiger partial charge in [0.2, 0.25) is 0 Å². The number of pyridine rings is 2. The SMILES string of the molecule is CCS(=O)(=O)c1cc(-c2ccc(C3CC3)cc2)cnc1-c1nc2cc(C(F)(F)F)cnc2s1. The molecule has 0 radical (unpaired) electrons. The van der Waals surface area contributed by atoms with Gasteiger partial charge in [0.05, 0.1) is 16.2 Å². The van der Waals surface area contributed by atoms with E-state index in [2.05, 4.69) is 15.0 Å². The van der Waals surface area contributed by atoms with Crippen LogP contribution in [0.5, 0.6) is 0 Å². The molecule has 1 saturated carbocycles. The fraction of sp³-hybridized carbons (Fsp3) is 0.261. The van der Waals surface area contributed by atoms with Crippen molar-refractivity contribution in [3.8, 4) is 21.8 Å². The van der Waals surface area contributed by atoms with E-state index in [9.17, 15) is 21.6 Å². The smallest absolute Gasteiger partial charge is 0.252 e. The molecule has 0 atom stereocenters. The molecule has 0 unspecified atom stereocenters. The fourth-order valence-electron chi connectivity index (χ4n) is 3.60. The lowest BCUT2D eigenvalue weighted by atomic mass is 10.0. The molecule has 5 rings (SSSR count). The van der Waals surface area contributed by atoms with Gasteiger partial charge in [0, 0.05) is 18.0 Å². The van der Waals surface area contributed by atoms with Crippen LogP contribution < -0.4 is 0 Å². The predicted octanol–water partition coefficient (Wildman–Crippen LogP) is 6.11. The third-order valence-corrected chi connectivity index (χ3v) is 8.37. The number of hydrogen-bond donors (Lipinski definition) is 0. The van der Waals surface area contributed by atoms with Crippen LogP contribution in [0.3, 0.4) is 0 Å². The summed E-state index contributed by atoms with van der Waals surface area (Å²) in [6, 6.07) is 10.5. The van der Waals surface area contributed by atoms with Gasteiger partial charge in [-0.3, -0.25) is 4.98 Å². The van der Waals surface area contributed by atoms with E-state index in [-0.39, 0.29) is 31.7 Å². The summed E-state index contributed by atoms with van der Waals surface area (Å²) < 4.78 is 64.9. The Hall–Kier alpha value is -2.85. The molecule has 0 aliphatic heterocycles. The van der Waals surface area contributed by atoms with Crippen molar-refractivity contribution in [1.82, 2.24) is 15.0 Å². The lowest BCUT2D eigenvalue weighted by Gasteiger charge is -2.10. The summed E-state index contributed by atoms with van der Waals surface area (Å²) in [6.07, 6.45) is 0.148. The molecule has 3 heterocycles. The summed E-state index contributed by atoms with van der Waals surface area (Å²) in [5.41, 5.74) is 2.01. The van der Waals surface area contributed by atoms with Crippen molar-refractivity contribution in [1.29, 1.82) is 0 Å². The molecule has 3 aromatic heterocycles. The summed E-state index contributed by atoms with van der Waals surface area (Å²) in [4.78, 5) is 12.8. The number of hydrogen-bond acceptors (Lipinski definition) is 6. The van der Waals surface area contributed by atoms with Gasteiger partial charge in [-0.15, -0.1) is 0 Å². The highest BCUT2D eigenvalue weighted by atomic mass is 32.2. The average Bonchev–Trinajstić information content (AvgIpc) is 3.56. The Morgan fingerprint density at radius 3 is 2.39 bits per heavy atom. The van der Waals surface area contributed by atoms with E-state index in [1.165, 1.54) is 25.3 Å². The number of sulfone groups is 1. The van der Waals surface area contributed by atoms with Crippen LogP contribution in [0, 0.1) is 0 Å². The Balaban J connectivity index is 1.61. The number of rotatable bonds is 5. The summed E-state index contributed by atoms with van der Waals surface area (Å²) in [5.74, 6) is 0.466. The number of alkyl halides is 3. The molecule has 0 saturated heterocycles. The number of halogens is 3. The first-order valence-electron chi connectivity index (χ1n) is 10.3. The molecule has 33 heavy (non-hydrogen) atoms. The molecule has 1 aliphatic rings. The summed E-state index contributed by atoms with van der Waals surface area (Å²) >= 11 is 1.01. The molecular weight excluding hydrogens is 471 g/mol. The van der Waals surface area contributed by atoms with Gasteiger partial charge in [-0.1, -0.05) is 42.5 Å². The van der Waals surface area contributed by atoms with Gasteiger partial charge in [0.15, 0.2) is 9.84 Å². The molecule has 0 spiro atoms. The Labute approximate surface area is 192 Å². The molecule has 0 amide bonds. The summed E-state index contributed by atoms with van der Waals surface area (Å²) in [5, 5.41) is 0.208. The third kappa shape index (κ3) is 4.24. The average molecular weight is 490 g/mol. The predicted molar refractivity (Wildman–Crippen MR) is 121 cm³/mol. The van der Waals surface area contributed by atoms with Gasteiger partial charge in [0.25, 0.3) is 0 Å². The van der Waals surface area contributed by atoms with Crippen LogP contribution in [0.15, 0.2) is 53.7 Å². The minimum atomic E-state index is -4.55. The lowest BCUT2D eigenvalue weighted by Crippen LogP contribution is -2.07. The van der Waals surface area contributed by atoms with Crippen LogP contribution in [0.25, 0.3) is 32.2 Å². The standard InChI is InChI=1S/C23H18F3N3O2S2/c1-2-33(30,31)19-9-16(15-7-5-14(6-8-15)13-3-4-13)11-27-20(19)22-29-18-10-17(23(24,25)26)12-28-21(18)32-22/h5-13H,2-4H2,1H3. The topological polar surface area (TPSA) is 72.8 Å². The van der Waals surface area contributed by atoms with E-state index in [4.69, 9.17) is 0 Å². The van der Waals surface area contributed by atoms with Gasteiger partial charge in [-0.05, 0) is 42.0 Å². The highest BCUT2D eigenvalue weighted by molar-refractivity contribution is 7.91. The van der Waals surface area contributed by atoms with E-state index < -0.39 is 21.6 Å². The van der Waals surface area contributed by atoms with Crippen molar-refractivity contribution in [2.24, 2.45) is 0 Å². The molecule has 1 fully saturated rings. The molecule has 4 aromatic rings. The Morgan fingerprint density at radius 1 is 1.03 bits per heavy atom. The zero-order chi connectivity index (χ0) is 23.4. The van der Waals surface area contributed by atoms with Gasteiger partial charge in [-0.25, -0.2) is 18.4 Å². The molecule has 5 nitrogen and oxygen atoms in total. The first-order valence-corrected chi connectivity index (χ1v) is 12.8. The number of fused-ring (bicyclic) bond motifs is 1. The van der Waals surface area contributed by atoms with E-state index >= 15 is 0 Å². The zero-order valence-electron chi connectivity index (χ0n) is 17.4. The van der Waals surface area contributed by atoms with Crippen molar-refractivity contribution in [3.63, 3.8) is 0 Å². The first-order chi connectivity index (χ1) is 15.7. The maximum absolute atomic E-state index is 13.0. The van der Waals surface area contributed by atoms with Gasteiger partial charge in [-0.2, -0.15) is 13.2 Å². The molecule has 0 N–H and O–H groups in total. The maximum Gasteiger partial charge on any atom is 0.417 e. The number of nitrogens with zero attached hydrogens (tertiary/aromatic N) is 3.